The summed E-state index contributed by atoms with van der Waals surface area (Å²) in [6.45, 7) is -0.597. The number of benzene rings is 3. The number of hydrogen-bond acceptors (Lipinski definition) is 10. The van der Waals surface area contributed by atoms with Gasteiger partial charge in [0, 0.05) is 29.8 Å². The fourth-order valence-electron chi connectivity index (χ4n) is 3.69. The second-order valence-corrected chi connectivity index (χ2v) is 7.46. The van der Waals surface area contributed by atoms with E-state index >= 15 is 0 Å². The van der Waals surface area contributed by atoms with Crippen LogP contribution in [0.4, 0.5) is 11.4 Å². The molecule has 4 rings (SSSR count). The molecule has 0 saturated carbocycles. The van der Waals surface area contributed by atoms with E-state index in [2.05, 4.69) is 0 Å². The number of carbonyl (C=O) groups is 1. The average molecular weight is 488 g/mol. The molecular weight excluding hydrogens is 472 g/mol. The number of nitrogens with zero attached hydrogens (tertiary/aromatic N) is 3. The Kier molecular flexibility index (Phi) is 6.47. The van der Waals surface area contributed by atoms with Gasteiger partial charge in [-0.1, -0.05) is 30.3 Å². The number of nitro benzene ring substituents is 2. The first-order chi connectivity index (χ1) is 17.3. The molecule has 0 amide bonds. The Bertz CT molecular complexity index is 1460. The summed E-state index contributed by atoms with van der Waals surface area (Å²) in [6.07, 6.45) is 0. The maximum atomic E-state index is 12.3. The summed E-state index contributed by atoms with van der Waals surface area (Å²) >= 11 is 0. The average Bonchev–Trinajstić information content (AvgIpc) is 2.86. The van der Waals surface area contributed by atoms with Gasteiger partial charge in [-0.3, -0.25) is 20.2 Å². The molecule has 1 heterocycles. The van der Waals surface area contributed by atoms with E-state index in [-0.39, 0.29) is 40.1 Å². The standard InChI is InChI=1S/C24H16N4O8/c25-12-18-23(14-4-3-5-15(10-14)27(30)31)17-9-8-16(11-21(17)36-24(18)26)35-22(29)13-34-20-7-2-1-6-19(20)28(32)33/h1-11,23H,13,26H2. The van der Waals surface area contributed by atoms with Gasteiger partial charge in [0.15, 0.2) is 12.4 Å². The van der Waals surface area contributed by atoms with Crippen LogP contribution in [0.25, 0.3) is 0 Å². The number of nitrogens with two attached hydrogens (primary N) is 1. The predicted molar refractivity (Wildman–Crippen MR) is 123 cm³/mol. The lowest BCUT2D eigenvalue weighted by molar-refractivity contribution is -0.385. The summed E-state index contributed by atoms with van der Waals surface area (Å²) < 4.78 is 16.0. The Morgan fingerprint density at radius 2 is 1.83 bits per heavy atom. The van der Waals surface area contributed by atoms with E-state index < -0.39 is 28.3 Å². The molecule has 12 heteroatoms. The van der Waals surface area contributed by atoms with Crippen LogP contribution < -0.4 is 19.9 Å². The van der Waals surface area contributed by atoms with Crippen molar-refractivity contribution in [1.29, 1.82) is 5.26 Å². The van der Waals surface area contributed by atoms with Crippen LogP contribution in [0.2, 0.25) is 0 Å². The molecule has 0 aliphatic carbocycles. The van der Waals surface area contributed by atoms with Crippen LogP contribution in [0, 0.1) is 31.6 Å². The molecule has 12 nitrogen and oxygen atoms in total. The monoisotopic (exact) mass is 488 g/mol. The van der Waals surface area contributed by atoms with Gasteiger partial charge in [-0.15, -0.1) is 0 Å². The molecule has 1 aliphatic heterocycles. The topological polar surface area (TPSA) is 181 Å². The smallest absolute Gasteiger partial charge is 0.349 e. The minimum atomic E-state index is -0.833. The van der Waals surface area contributed by atoms with Crippen LogP contribution in [-0.2, 0) is 4.79 Å². The number of carbonyl (C=O) groups excluding carboxylic acids is 1. The van der Waals surface area contributed by atoms with Crippen molar-refractivity contribution >= 4 is 17.3 Å². The van der Waals surface area contributed by atoms with Gasteiger partial charge in [0.05, 0.1) is 15.8 Å². The third kappa shape index (κ3) is 4.75. The second kappa shape index (κ2) is 9.82. The van der Waals surface area contributed by atoms with Crippen LogP contribution in [-0.4, -0.2) is 22.4 Å². The number of hydrogen-bond donors (Lipinski definition) is 1. The van der Waals surface area contributed by atoms with Crippen molar-refractivity contribution in [3.05, 3.63) is 110 Å². The highest BCUT2D eigenvalue weighted by Crippen LogP contribution is 2.44. The van der Waals surface area contributed by atoms with Gasteiger partial charge >= 0.3 is 11.7 Å². The summed E-state index contributed by atoms with van der Waals surface area (Å²) in [7, 11) is 0. The van der Waals surface area contributed by atoms with Crippen molar-refractivity contribution in [3.8, 4) is 23.3 Å². The number of nitriles is 1. The quantitative estimate of drug-likeness (QED) is 0.223. The van der Waals surface area contributed by atoms with Gasteiger partial charge in [-0.2, -0.15) is 5.26 Å². The summed E-state index contributed by atoms with van der Waals surface area (Å²) in [5.41, 5.74) is 6.51. The Morgan fingerprint density at radius 1 is 1.06 bits per heavy atom. The van der Waals surface area contributed by atoms with E-state index in [9.17, 15) is 30.3 Å². The zero-order chi connectivity index (χ0) is 25.8. The van der Waals surface area contributed by atoms with Gasteiger partial charge < -0.3 is 19.9 Å². The molecule has 2 N–H and O–H groups in total. The number of nitro groups is 2. The summed E-state index contributed by atoms with van der Waals surface area (Å²) in [5.74, 6) is -1.60. The molecule has 0 radical (unpaired) electrons. The number of fused-ring (bicyclic) bond motifs is 1. The lowest BCUT2D eigenvalue weighted by Gasteiger charge is -2.26. The first-order valence-electron chi connectivity index (χ1n) is 10.3. The minimum Gasteiger partial charge on any atom is -0.475 e. The van der Waals surface area contributed by atoms with Crippen molar-refractivity contribution in [1.82, 2.24) is 0 Å². The second-order valence-electron chi connectivity index (χ2n) is 7.46. The lowest BCUT2D eigenvalue weighted by atomic mass is 9.83. The molecule has 1 unspecified atom stereocenters. The highest BCUT2D eigenvalue weighted by molar-refractivity contribution is 5.74. The van der Waals surface area contributed by atoms with Crippen LogP contribution in [0.5, 0.6) is 17.2 Å². The van der Waals surface area contributed by atoms with Crippen LogP contribution in [0.3, 0.4) is 0 Å². The molecule has 0 bridgehead atoms. The number of allylic oxidation sites excluding steroid dienone is 1. The van der Waals surface area contributed by atoms with Crippen molar-refractivity contribution in [2.45, 2.75) is 5.92 Å². The number of esters is 1. The number of rotatable bonds is 7. The molecule has 180 valence electrons. The van der Waals surface area contributed by atoms with Crippen LogP contribution >= 0.6 is 0 Å². The number of ether oxygens (including phenoxy) is 3. The van der Waals surface area contributed by atoms with Crippen molar-refractivity contribution in [2.75, 3.05) is 6.61 Å². The van der Waals surface area contributed by atoms with E-state index in [1.54, 1.807) is 12.1 Å². The molecule has 0 saturated heterocycles. The van der Waals surface area contributed by atoms with Gasteiger partial charge in [0.2, 0.25) is 5.88 Å². The van der Waals surface area contributed by atoms with E-state index in [4.69, 9.17) is 19.9 Å². The van der Waals surface area contributed by atoms with E-state index in [0.717, 1.165) is 0 Å². The molecular formula is C24H16N4O8. The molecule has 0 fully saturated rings. The summed E-state index contributed by atoms with van der Waals surface area (Å²) in [5, 5.41) is 32.0. The molecule has 0 aromatic heterocycles. The van der Waals surface area contributed by atoms with E-state index in [1.165, 1.54) is 54.6 Å². The molecule has 3 aromatic carbocycles. The lowest BCUT2D eigenvalue weighted by Crippen LogP contribution is -2.22. The highest BCUT2D eigenvalue weighted by atomic mass is 16.6. The van der Waals surface area contributed by atoms with Gasteiger partial charge in [0.25, 0.3) is 5.69 Å². The van der Waals surface area contributed by atoms with Crippen LogP contribution in [0.1, 0.15) is 17.0 Å². The summed E-state index contributed by atoms with van der Waals surface area (Å²) in [4.78, 5) is 33.4. The maximum Gasteiger partial charge on any atom is 0.349 e. The highest BCUT2D eigenvalue weighted by Gasteiger charge is 2.32. The molecule has 1 aliphatic rings. The zero-order valence-corrected chi connectivity index (χ0v) is 18.3. The fourth-order valence-corrected chi connectivity index (χ4v) is 3.69. The number of non-ortho nitro benzene ring substituents is 1. The van der Waals surface area contributed by atoms with Crippen molar-refractivity contribution in [3.63, 3.8) is 0 Å². The van der Waals surface area contributed by atoms with E-state index in [0.29, 0.717) is 11.1 Å². The predicted octanol–water partition coefficient (Wildman–Crippen LogP) is 3.71. The first-order valence-corrected chi connectivity index (χ1v) is 10.3. The third-order valence-corrected chi connectivity index (χ3v) is 5.24. The fraction of sp³-hybridized carbons (Fsp3) is 0.0833. The number of para-hydroxylation sites is 2. The van der Waals surface area contributed by atoms with Crippen molar-refractivity contribution in [2.24, 2.45) is 5.73 Å². The Morgan fingerprint density at radius 3 is 2.56 bits per heavy atom. The minimum absolute atomic E-state index is 0.0657. The van der Waals surface area contributed by atoms with Gasteiger partial charge in [-0.05, 0) is 17.7 Å². The molecule has 1 atom stereocenters. The van der Waals surface area contributed by atoms with E-state index in [1.807, 2.05) is 6.07 Å². The maximum absolute atomic E-state index is 12.3. The SMILES string of the molecule is N#CC1=C(N)Oc2cc(OC(=O)COc3ccccc3[N+](=O)[O-])ccc2C1c1cccc([N+](=O)[O-])c1. The third-order valence-electron chi connectivity index (χ3n) is 5.24. The largest absolute Gasteiger partial charge is 0.475 e. The molecule has 36 heavy (non-hydrogen) atoms. The zero-order valence-electron chi connectivity index (χ0n) is 18.3. The van der Waals surface area contributed by atoms with Crippen molar-refractivity contribution < 1.29 is 28.9 Å². The van der Waals surface area contributed by atoms with Gasteiger partial charge in [0.1, 0.15) is 23.1 Å². The molecule has 0 spiro atoms. The first kappa shape index (κ1) is 23.7. The Hall–Kier alpha value is -5.44. The Balaban J connectivity index is 1.57. The van der Waals surface area contributed by atoms with Crippen LogP contribution in [0.15, 0.2) is 78.2 Å². The normalized spacial score (nSPS) is 14.1. The van der Waals surface area contributed by atoms with Gasteiger partial charge in [-0.25, -0.2) is 4.79 Å². The Labute approximate surface area is 203 Å². The summed E-state index contributed by atoms with van der Waals surface area (Å²) in [6, 6.07) is 17.8. The molecule has 3 aromatic rings.